The molecule has 2 heterocycles. The van der Waals surface area contributed by atoms with Gasteiger partial charge in [0.2, 0.25) is 0 Å². The maximum Gasteiger partial charge on any atom is 0.172 e. The largest absolute Gasteiger partial charge is 0.293 e. The fraction of sp³-hybridized carbons (Fsp3) is 0.467. The summed E-state index contributed by atoms with van der Waals surface area (Å²) in [4.78, 5) is 18.6. The molecule has 1 aliphatic rings. The number of aryl methyl sites for hydroxylation is 2. The van der Waals surface area contributed by atoms with Gasteiger partial charge in [-0.05, 0) is 49.8 Å². The zero-order valence-electron chi connectivity index (χ0n) is 10.7. The molecule has 2 aromatic heterocycles. The highest BCUT2D eigenvalue weighted by Crippen LogP contribution is 2.30. The van der Waals surface area contributed by atoms with Crippen molar-refractivity contribution in [1.29, 1.82) is 0 Å². The van der Waals surface area contributed by atoms with Crippen LogP contribution in [0.25, 0.3) is 10.2 Å². The molecule has 18 heavy (non-hydrogen) atoms. The van der Waals surface area contributed by atoms with E-state index in [1.807, 2.05) is 13.0 Å². The van der Waals surface area contributed by atoms with Crippen molar-refractivity contribution in [1.82, 2.24) is 4.98 Å². The lowest BCUT2D eigenvalue weighted by Gasteiger charge is -2.13. The summed E-state index contributed by atoms with van der Waals surface area (Å²) < 4.78 is 0. The molecule has 2 aromatic rings. The maximum absolute atomic E-state index is 11.9. The van der Waals surface area contributed by atoms with Crippen molar-refractivity contribution >= 4 is 27.3 Å². The molecule has 0 N–H and O–H groups in total. The fourth-order valence-corrected chi connectivity index (χ4v) is 3.58. The molecule has 1 aliphatic carbocycles. The summed E-state index contributed by atoms with van der Waals surface area (Å²) in [5, 5.41) is 1.15. The highest BCUT2D eigenvalue weighted by Gasteiger charge is 2.15. The molecule has 0 unspecified atom stereocenters. The number of hydrogen-bond donors (Lipinski definition) is 0. The molecule has 0 amide bonds. The standard InChI is InChI=1S/C15H17NOS/c1-2-5-13(17)14-9-11-8-10-6-3-4-7-12(10)16-15(11)18-14/h8-9H,2-7H2,1H3. The minimum Gasteiger partial charge on any atom is -0.293 e. The second-order valence-corrected chi connectivity index (χ2v) is 6.01. The van der Waals surface area contributed by atoms with Gasteiger partial charge in [0.25, 0.3) is 0 Å². The van der Waals surface area contributed by atoms with Crippen LogP contribution in [0.4, 0.5) is 0 Å². The maximum atomic E-state index is 11.9. The number of carbonyl (C=O) groups excluding carboxylic acids is 1. The number of carbonyl (C=O) groups is 1. The Labute approximate surface area is 111 Å². The second-order valence-electron chi connectivity index (χ2n) is 4.98. The van der Waals surface area contributed by atoms with Crippen LogP contribution < -0.4 is 0 Å². The van der Waals surface area contributed by atoms with Crippen LogP contribution >= 0.6 is 11.3 Å². The van der Waals surface area contributed by atoms with Crippen LogP contribution in [0, 0.1) is 0 Å². The first-order valence-electron chi connectivity index (χ1n) is 6.73. The Morgan fingerprint density at radius 1 is 1.33 bits per heavy atom. The number of rotatable bonds is 3. The molecule has 0 saturated heterocycles. The molecular weight excluding hydrogens is 242 g/mol. The van der Waals surface area contributed by atoms with Gasteiger partial charge in [-0.2, -0.15) is 0 Å². The van der Waals surface area contributed by atoms with E-state index in [9.17, 15) is 4.79 Å². The molecule has 94 valence electrons. The third kappa shape index (κ3) is 2.07. The van der Waals surface area contributed by atoms with E-state index in [1.165, 1.54) is 24.1 Å². The van der Waals surface area contributed by atoms with E-state index in [4.69, 9.17) is 4.98 Å². The molecule has 0 fully saturated rings. The predicted molar refractivity (Wildman–Crippen MR) is 75.5 cm³/mol. The van der Waals surface area contributed by atoms with Crippen molar-refractivity contribution in [2.75, 3.05) is 0 Å². The van der Waals surface area contributed by atoms with E-state index in [0.717, 1.165) is 34.4 Å². The summed E-state index contributed by atoms with van der Waals surface area (Å²) in [5.41, 5.74) is 2.64. The van der Waals surface area contributed by atoms with Crippen molar-refractivity contribution in [2.45, 2.75) is 45.4 Å². The van der Waals surface area contributed by atoms with Crippen molar-refractivity contribution in [3.63, 3.8) is 0 Å². The predicted octanol–water partition coefficient (Wildman–Crippen LogP) is 4.16. The van der Waals surface area contributed by atoms with Crippen molar-refractivity contribution in [3.8, 4) is 0 Å². The summed E-state index contributed by atoms with van der Waals surface area (Å²) in [6.07, 6.45) is 6.32. The molecule has 0 radical (unpaired) electrons. The van der Waals surface area contributed by atoms with E-state index in [1.54, 1.807) is 11.3 Å². The number of Topliss-reactive ketones (excluding diaryl/α,β-unsaturated/α-hetero) is 1. The van der Waals surface area contributed by atoms with Gasteiger partial charge >= 0.3 is 0 Å². The van der Waals surface area contributed by atoms with E-state index in [-0.39, 0.29) is 5.78 Å². The molecule has 0 saturated carbocycles. The smallest absolute Gasteiger partial charge is 0.172 e. The third-order valence-corrected chi connectivity index (χ3v) is 4.62. The SMILES string of the molecule is CCCC(=O)c1cc2cc3c(nc2s1)CCCC3. The number of fused-ring (bicyclic) bond motifs is 2. The highest BCUT2D eigenvalue weighted by atomic mass is 32.1. The van der Waals surface area contributed by atoms with Gasteiger partial charge in [0.05, 0.1) is 4.88 Å². The van der Waals surface area contributed by atoms with Crippen molar-refractivity contribution in [3.05, 3.63) is 28.3 Å². The molecule has 0 bridgehead atoms. The number of hydrogen-bond acceptors (Lipinski definition) is 3. The first kappa shape index (κ1) is 11.8. The zero-order chi connectivity index (χ0) is 12.5. The molecule has 0 spiro atoms. The van der Waals surface area contributed by atoms with Gasteiger partial charge in [0, 0.05) is 17.5 Å². The lowest BCUT2D eigenvalue weighted by molar-refractivity contribution is 0.0985. The normalized spacial score (nSPS) is 14.7. The first-order valence-corrected chi connectivity index (χ1v) is 7.55. The van der Waals surface area contributed by atoms with Gasteiger partial charge in [-0.15, -0.1) is 11.3 Å². The van der Waals surface area contributed by atoms with Gasteiger partial charge in [-0.25, -0.2) is 4.98 Å². The number of nitrogens with zero attached hydrogens (tertiary/aromatic N) is 1. The van der Waals surface area contributed by atoms with Gasteiger partial charge < -0.3 is 0 Å². The highest BCUT2D eigenvalue weighted by molar-refractivity contribution is 7.20. The number of pyridine rings is 1. The van der Waals surface area contributed by atoms with Gasteiger partial charge in [0.1, 0.15) is 4.83 Å². The molecule has 0 aliphatic heterocycles. The molecule has 2 nitrogen and oxygen atoms in total. The Hall–Kier alpha value is -1.22. The average molecular weight is 259 g/mol. The van der Waals surface area contributed by atoms with Crippen LogP contribution in [0.2, 0.25) is 0 Å². The third-order valence-electron chi connectivity index (χ3n) is 3.54. The van der Waals surface area contributed by atoms with E-state index >= 15 is 0 Å². The summed E-state index contributed by atoms with van der Waals surface area (Å²) >= 11 is 1.56. The Kier molecular flexibility index (Phi) is 3.16. The van der Waals surface area contributed by atoms with Crippen LogP contribution in [0.1, 0.15) is 53.5 Å². The second kappa shape index (κ2) is 4.81. The molecule has 3 rings (SSSR count). The minimum absolute atomic E-state index is 0.262. The number of ketones is 1. The van der Waals surface area contributed by atoms with Crippen LogP contribution in [0.3, 0.4) is 0 Å². The quantitative estimate of drug-likeness (QED) is 0.775. The van der Waals surface area contributed by atoms with Gasteiger partial charge in [0.15, 0.2) is 5.78 Å². The van der Waals surface area contributed by atoms with E-state index in [2.05, 4.69) is 6.07 Å². The monoisotopic (exact) mass is 259 g/mol. The minimum atomic E-state index is 0.262. The summed E-state index contributed by atoms with van der Waals surface area (Å²) in [7, 11) is 0. The van der Waals surface area contributed by atoms with E-state index in [0.29, 0.717) is 6.42 Å². The van der Waals surface area contributed by atoms with Gasteiger partial charge in [-0.3, -0.25) is 4.79 Å². The Bertz CT molecular complexity index is 557. The van der Waals surface area contributed by atoms with Crippen LogP contribution in [-0.4, -0.2) is 10.8 Å². The summed E-state index contributed by atoms with van der Waals surface area (Å²) in [6.45, 7) is 2.04. The summed E-state index contributed by atoms with van der Waals surface area (Å²) in [5.74, 6) is 0.262. The Morgan fingerprint density at radius 3 is 3.00 bits per heavy atom. The lowest BCUT2D eigenvalue weighted by Crippen LogP contribution is -2.04. The fourth-order valence-electron chi connectivity index (χ4n) is 2.58. The van der Waals surface area contributed by atoms with Crippen molar-refractivity contribution < 1.29 is 4.79 Å². The zero-order valence-corrected chi connectivity index (χ0v) is 11.5. The van der Waals surface area contributed by atoms with Crippen molar-refractivity contribution in [2.24, 2.45) is 0 Å². The average Bonchev–Trinajstić information content (AvgIpc) is 2.79. The molecular formula is C15H17NOS. The molecule has 0 atom stereocenters. The first-order chi connectivity index (χ1) is 8.78. The van der Waals surface area contributed by atoms with Crippen LogP contribution in [0.15, 0.2) is 12.1 Å². The van der Waals surface area contributed by atoms with Crippen LogP contribution in [-0.2, 0) is 12.8 Å². The van der Waals surface area contributed by atoms with Gasteiger partial charge in [-0.1, -0.05) is 6.92 Å². The molecule has 3 heteroatoms. The molecule has 0 aromatic carbocycles. The Morgan fingerprint density at radius 2 is 2.17 bits per heavy atom. The summed E-state index contributed by atoms with van der Waals surface area (Å²) in [6, 6.07) is 4.27. The Balaban J connectivity index is 2.04. The number of thiophene rings is 1. The van der Waals surface area contributed by atoms with Crippen LogP contribution in [0.5, 0.6) is 0 Å². The van der Waals surface area contributed by atoms with E-state index < -0.39 is 0 Å². The topological polar surface area (TPSA) is 30.0 Å². The number of aromatic nitrogens is 1. The lowest BCUT2D eigenvalue weighted by atomic mass is 9.95.